The third-order valence-corrected chi connectivity index (χ3v) is 5.76. The molecule has 0 N–H and O–H groups in total. The molecule has 3 atom stereocenters. The van der Waals surface area contributed by atoms with E-state index in [-0.39, 0.29) is 0 Å². The standard InChI is InChI=1S/C18H23N3O2S/c1-2-16-18(15(1)12-22-13-17-20-7-10-24-17)23-9-8-21(16)11-14-3-5-19-6-4-14/h3-7,10,15-16,18H,1-2,8-9,11-13H2/t15-,16-,18-/m1/s1. The van der Waals surface area contributed by atoms with Gasteiger partial charge in [-0.25, -0.2) is 4.98 Å². The highest BCUT2D eigenvalue weighted by atomic mass is 32.1. The van der Waals surface area contributed by atoms with E-state index in [1.54, 1.807) is 11.3 Å². The van der Waals surface area contributed by atoms with E-state index in [1.807, 2.05) is 24.0 Å². The molecule has 0 bridgehead atoms. The fraction of sp³-hybridized carbons (Fsp3) is 0.556. The van der Waals surface area contributed by atoms with Crippen molar-refractivity contribution in [1.82, 2.24) is 14.9 Å². The number of aromatic nitrogens is 2. The number of thiazole rings is 1. The molecular weight excluding hydrogens is 322 g/mol. The Hall–Kier alpha value is -1.34. The molecule has 2 aliphatic rings. The summed E-state index contributed by atoms with van der Waals surface area (Å²) in [5.41, 5.74) is 1.33. The molecule has 0 amide bonds. The second kappa shape index (κ2) is 7.70. The van der Waals surface area contributed by atoms with Gasteiger partial charge in [0.25, 0.3) is 0 Å². The lowest BCUT2D eigenvalue weighted by Gasteiger charge is -2.39. The molecule has 2 aromatic rings. The number of hydrogen-bond donors (Lipinski definition) is 0. The Morgan fingerprint density at radius 1 is 1.25 bits per heavy atom. The van der Waals surface area contributed by atoms with Gasteiger partial charge in [0.15, 0.2) is 0 Å². The average molecular weight is 345 g/mol. The van der Waals surface area contributed by atoms with Crippen LogP contribution in [-0.2, 0) is 22.6 Å². The van der Waals surface area contributed by atoms with Gasteiger partial charge in [-0.15, -0.1) is 11.3 Å². The molecule has 3 heterocycles. The second-order valence-electron chi connectivity index (χ2n) is 6.51. The minimum absolute atomic E-state index is 0.303. The summed E-state index contributed by atoms with van der Waals surface area (Å²) in [5.74, 6) is 0.496. The van der Waals surface area contributed by atoms with Crippen LogP contribution >= 0.6 is 11.3 Å². The molecule has 128 valence electrons. The molecule has 2 aromatic heterocycles. The van der Waals surface area contributed by atoms with Crippen molar-refractivity contribution in [3.05, 3.63) is 46.7 Å². The van der Waals surface area contributed by atoms with E-state index in [0.29, 0.717) is 24.7 Å². The zero-order valence-corrected chi connectivity index (χ0v) is 14.5. The van der Waals surface area contributed by atoms with Gasteiger partial charge in [-0.2, -0.15) is 0 Å². The van der Waals surface area contributed by atoms with Crippen LogP contribution in [0.4, 0.5) is 0 Å². The Balaban J connectivity index is 1.32. The van der Waals surface area contributed by atoms with Crippen molar-refractivity contribution in [2.45, 2.75) is 38.1 Å². The van der Waals surface area contributed by atoms with Crippen molar-refractivity contribution >= 4 is 11.3 Å². The van der Waals surface area contributed by atoms with Gasteiger partial charge in [0, 0.05) is 49.0 Å². The maximum absolute atomic E-state index is 6.12. The molecular formula is C18H23N3O2S. The average Bonchev–Trinajstić information content (AvgIpc) is 3.27. The summed E-state index contributed by atoms with van der Waals surface area (Å²) < 4.78 is 12.0. The highest BCUT2D eigenvalue weighted by Gasteiger charge is 2.42. The maximum atomic E-state index is 6.12. The fourth-order valence-corrected chi connectivity index (χ4v) is 4.41. The molecule has 6 heteroatoms. The van der Waals surface area contributed by atoms with E-state index < -0.39 is 0 Å². The molecule has 0 unspecified atom stereocenters. The monoisotopic (exact) mass is 345 g/mol. The summed E-state index contributed by atoms with van der Waals surface area (Å²) in [4.78, 5) is 11.0. The van der Waals surface area contributed by atoms with Crippen molar-refractivity contribution in [3.63, 3.8) is 0 Å². The first kappa shape index (κ1) is 16.1. The van der Waals surface area contributed by atoms with Gasteiger partial charge in [0.05, 0.1) is 25.9 Å². The van der Waals surface area contributed by atoms with Crippen molar-refractivity contribution in [2.24, 2.45) is 5.92 Å². The van der Waals surface area contributed by atoms with Crippen molar-refractivity contribution in [2.75, 3.05) is 19.8 Å². The molecule has 0 aromatic carbocycles. The van der Waals surface area contributed by atoms with Crippen LogP contribution in [0.5, 0.6) is 0 Å². The number of nitrogens with zero attached hydrogens (tertiary/aromatic N) is 3. The first-order valence-electron chi connectivity index (χ1n) is 8.61. The SMILES string of the molecule is c1cc(CN2CCO[C@@H]3[C@@H](COCc4nccs4)CC[C@H]32)ccn1. The molecule has 24 heavy (non-hydrogen) atoms. The lowest BCUT2D eigenvalue weighted by atomic mass is 10.0. The lowest BCUT2D eigenvalue weighted by Crippen LogP contribution is -2.50. The minimum Gasteiger partial charge on any atom is -0.375 e. The molecule has 4 rings (SSSR count). The molecule has 2 fully saturated rings. The summed E-state index contributed by atoms with van der Waals surface area (Å²) in [6.07, 6.45) is 8.25. The first-order valence-corrected chi connectivity index (χ1v) is 9.49. The third kappa shape index (κ3) is 3.67. The molecule has 0 spiro atoms. The second-order valence-corrected chi connectivity index (χ2v) is 7.49. The Labute approximate surface area is 146 Å². The Kier molecular flexibility index (Phi) is 5.18. The van der Waals surface area contributed by atoms with Crippen LogP contribution < -0.4 is 0 Å². The van der Waals surface area contributed by atoms with Crippen LogP contribution in [0.15, 0.2) is 36.1 Å². The van der Waals surface area contributed by atoms with Gasteiger partial charge in [-0.05, 0) is 30.5 Å². The Bertz CT molecular complexity index is 622. The van der Waals surface area contributed by atoms with E-state index in [4.69, 9.17) is 9.47 Å². The lowest BCUT2D eigenvalue weighted by molar-refractivity contribution is -0.0891. The quantitative estimate of drug-likeness (QED) is 0.806. The van der Waals surface area contributed by atoms with Crippen molar-refractivity contribution < 1.29 is 9.47 Å². The summed E-state index contributed by atoms with van der Waals surface area (Å²) in [6.45, 7) is 4.20. The number of morpholine rings is 1. The topological polar surface area (TPSA) is 47.5 Å². The van der Waals surface area contributed by atoms with Gasteiger partial charge >= 0.3 is 0 Å². The van der Waals surface area contributed by atoms with Crippen LogP contribution in [0.1, 0.15) is 23.4 Å². The molecule has 1 aliphatic carbocycles. The number of pyridine rings is 1. The highest BCUT2D eigenvalue weighted by Crippen LogP contribution is 2.35. The van der Waals surface area contributed by atoms with Crippen molar-refractivity contribution in [1.29, 1.82) is 0 Å². The minimum atomic E-state index is 0.303. The van der Waals surface area contributed by atoms with Crippen LogP contribution in [0.3, 0.4) is 0 Å². The first-order chi connectivity index (χ1) is 11.9. The van der Waals surface area contributed by atoms with Crippen molar-refractivity contribution in [3.8, 4) is 0 Å². The van der Waals surface area contributed by atoms with Crippen LogP contribution in [0.25, 0.3) is 0 Å². The number of fused-ring (bicyclic) bond motifs is 1. The zero-order chi connectivity index (χ0) is 16.2. The van der Waals surface area contributed by atoms with Gasteiger partial charge in [-0.3, -0.25) is 9.88 Å². The molecule has 1 saturated heterocycles. The van der Waals surface area contributed by atoms with E-state index in [0.717, 1.165) is 31.3 Å². The Morgan fingerprint density at radius 2 is 2.17 bits per heavy atom. The van der Waals surface area contributed by atoms with Crippen LogP contribution in [-0.4, -0.2) is 46.8 Å². The normalized spacial score (nSPS) is 27.2. The number of rotatable bonds is 6. The van der Waals surface area contributed by atoms with Crippen LogP contribution in [0, 0.1) is 5.92 Å². The summed E-state index contributed by atoms with van der Waals surface area (Å²) in [6, 6.07) is 4.72. The summed E-state index contributed by atoms with van der Waals surface area (Å²) in [7, 11) is 0. The molecule has 0 radical (unpaired) electrons. The number of ether oxygens (including phenoxy) is 2. The van der Waals surface area contributed by atoms with Gasteiger partial charge < -0.3 is 9.47 Å². The van der Waals surface area contributed by atoms with Gasteiger partial charge in [-0.1, -0.05) is 0 Å². The van der Waals surface area contributed by atoms with E-state index in [9.17, 15) is 0 Å². The van der Waals surface area contributed by atoms with Gasteiger partial charge in [0.1, 0.15) is 5.01 Å². The molecule has 5 nitrogen and oxygen atoms in total. The summed E-state index contributed by atoms with van der Waals surface area (Å²) >= 11 is 1.65. The highest BCUT2D eigenvalue weighted by molar-refractivity contribution is 7.09. The molecule has 1 aliphatic heterocycles. The fourth-order valence-electron chi connectivity index (χ4n) is 3.86. The van der Waals surface area contributed by atoms with E-state index >= 15 is 0 Å². The largest absolute Gasteiger partial charge is 0.375 e. The van der Waals surface area contributed by atoms with E-state index in [1.165, 1.54) is 18.4 Å². The Morgan fingerprint density at radius 3 is 3.00 bits per heavy atom. The van der Waals surface area contributed by atoms with Crippen LogP contribution in [0.2, 0.25) is 0 Å². The predicted octanol–water partition coefficient (Wildman–Crippen LogP) is 2.73. The van der Waals surface area contributed by atoms with Gasteiger partial charge in [0.2, 0.25) is 0 Å². The summed E-state index contributed by atoms with van der Waals surface area (Å²) in [5, 5.41) is 3.04. The maximum Gasteiger partial charge on any atom is 0.118 e. The van der Waals surface area contributed by atoms with E-state index in [2.05, 4.69) is 27.0 Å². The number of hydrogen-bond acceptors (Lipinski definition) is 6. The zero-order valence-electron chi connectivity index (χ0n) is 13.7. The molecule has 1 saturated carbocycles. The smallest absolute Gasteiger partial charge is 0.118 e. The predicted molar refractivity (Wildman–Crippen MR) is 92.7 cm³/mol. The third-order valence-electron chi connectivity index (χ3n) is 5.01.